The van der Waals surface area contributed by atoms with Gasteiger partial charge in [-0.1, -0.05) is 20.3 Å². The molecule has 1 N–H and O–H groups in total. The summed E-state index contributed by atoms with van der Waals surface area (Å²) in [5, 5.41) is 10.2. The highest BCUT2D eigenvalue weighted by Gasteiger charge is 2.28. The lowest BCUT2D eigenvalue weighted by atomic mass is 9.98. The Morgan fingerprint density at radius 2 is 1.88 bits per heavy atom. The van der Waals surface area contributed by atoms with Crippen LogP contribution in [0, 0.1) is 0 Å². The van der Waals surface area contributed by atoms with E-state index in [9.17, 15) is 5.11 Å². The fourth-order valence-corrected chi connectivity index (χ4v) is 2.87. The van der Waals surface area contributed by atoms with Crippen LogP contribution in [-0.4, -0.2) is 48.0 Å². The van der Waals surface area contributed by atoms with Gasteiger partial charge in [-0.3, -0.25) is 4.90 Å². The fourth-order valence-electron chi connectivity index (χ4n) is 2.87. The minimum atomic E-state index is -0.159. The molecule has 0 amide bonds. The standard InChI is InChI=1S/C14H29NO2/c1-4-7-14(16)13(5-2)15-10-8-12(9-11-15)17-6-3/h12-14,16H,4-11H2,1-3H3. The Morgan fingerprint density at radius 1 is 1.24 bits per heavy atom. The summed E-state index contributed by atoms with van der Waals surface area (Å²) in [6.45, 7) is 9.34. The molecule has 0 bridgehead atoms. The molecule has 0 aromatic carbocycles. The van der Waals surface area contributed by atoms with Crippen LogP contribution in [0.5, 0.6) is 0 Å². The van der Waals surface area contributed by atoms with Gasteiger partial charge in [-0.15, -0.1) is 0 Å². The van der Waals surface area contributed by atoms with Crippen molar-refractivity contribution in [1.29, 1.82) is 0 Å². The van der Waals surface area contributed by atoms with Crippen molar-refractivity contribution in [3.8, 4) is 0 Å². The van der Waals surface area contributed by atoms with Crippen LogP contribution in [0.25, 0.3) is 0 Å². The molecule has 1 heterocycles. The van der Waals surface area contributed by atoms with Gasteiger partial charge in [0.25, 0.3) is 0 Å². The normalized spacial score (nSPS) is 22.6. The van der Waals surface area contributed by atoms with Gasteiger partial charge >= 0.3 is 0 Å². The number of piperidine rings is 1. The SMILES string of the molecule is CCCC(O)C(CC)N1CCC(OCC)CC1. The third-order valence-corrected chi connectivity index (χ3v) is 3.79. The highest BCUT2D eigenvalue weighted by molar-refractivity contribution is 4.82. The van der Waals surface area contributed by atoms with Gasteiger partial charge in [0, 0.05) is 25.7 Å². The van der Waals surface area contributed by atoms with E-state index in [0.717, 1.165) is 51.8 Å². The van der Waals surface area contributed by atoms with E-state index in [2.05, 4.69) is 25.7 Å². The number of rotatable bonds is 7. The quantitative estimate of drug-likeness (QED) is 0.745. The van der Waals surface area contributed by atoms with Crippen LogP contribution in [-0.2, 0) is 4.74 Å². The molecule has 0 saturated carbocycles. The van der Waals surface area contributed by atoms with E-state index in [4.69, 9.17) is 4.74 Å². The van der Waals surface area contributed by atoms with E-state index >= 15 is 0 Å². The van der Waals surface area contributed by atoms with Gasteiger partial charge in [0.2, 0.25) is 0 Å². The van der Waals surface area contributed by atoms with Crippen molar-refractivity contribution in [3.05, 3.63) is 0 Å². The van der Waals surface area contributed by atoms with Crippen LogP contribution in [0.4, 0.5) is 0 Å². The predicted molar refractivity (Wildman–Crippen MR) is 71.2 cm³/mol. The molecule has 1 fully saturated rings. The van der Waals surface area contributed by atoms with E-state index in [1.807, 2.05) is 0 Å². The Hall–Kier alpha value is -0.120. The molecule has 102 valence electrons. The predicted octanol–water partition coefficient (Wildman–Crippen LogP) is 2.43. The molecule has 2 unspecified atom stereocenters. The number of hydrogen-bond acceptors (Lipinski definition) is 3. The van der Waals surface area contributed by atoms with Gasteiger partial charge in [0.1, 0.15) is 0 Å². The first-order chi connectivity index (χ1) is 8.22. The molecule has 3 heteroatoms. The summed E-state index contributed by atoms with van der Waals surface area (Å²) in [6, 6.07) is 0.345. The summed E-state index contributed by atoms with van der Waals surface area (Å²) < 4.78 is 5.66. The minimum absolute atomic E-state index is 0.159. The van der Waals surface area contributed by atoms with Crippen LogP contribution in [0.2, 0.25) is 0 Å². The molecule has 1 aliphatic rings. The van der Waals surface area contributed by atoms with E-state index in [0.29, 0.717) is 12.1 Å². The van der Waals surface area contributed by atoms with Gasteiger partial charge in [0.05, 0.1) is 12.2 Å². The molecule has 1 rings (SSSR count). The minimum Gasteiger partial charge on any atom is -0.391 e. The Labute approximate surface area is 106 Å². The monoisotopic (exact) mass is 243 g/mol. The molecule has 1 saturated heterocycles. The third-order valence-electron chi connectivity index (χ3n) is 3.79. The van der Waals surface area contributed by atoms with E-state index in [-0.39, 0.29) is 6.10 Å². The summed E-state index contributed by atoms with van der Waals surface area (Å²) >= 11 is 0. The van der Waals surface area contributed by atoms with Gasteiger partial charge in [0.15, 0.2) is 0 Å². The number of ether oxygens (including phenoxy) is 1. The number of aliphatic hydroxyl groups excluding tert-OH is 1. The maximum Gasteiger partial charge on any atom is 0.0695 e. The number of likely N-dealkylation sites (tertiary alicyclic amines) is 1. The third kappa shape index (κ3) is 4.57. The van der Waals surface area contributed by atoms with Crippen molar-refractivity contribution in [1.82, 2.24) is 4.90 Å². The molecular weight excluding hydrogens is 214 g/mol. The smallest absolute Gasteiger partial charge is 0.0695 e. The summed E-state index contributed by atoms with van der Waals surface area (Å²) in [6.07, 6.45) is 5.54. The molecule has 0 aromatic rings. The first-order valence-corrected chi connectivity index (χ1v) is 7.26. The molecule has 0 aliphatic carbocycles. The largest absolute Gasteiger partial charge is 0.391 e. The zero-order valence-corrected chi connectivity index (χ0v) is 11.7. The molecule has 0 spiro atoms. The van der Waals surface area contributed by atoms with Crippen molar-refractivity contribution < 1.29 is 9.84 Å². The zero-order valence-electron chi connectivity index (χ0n) is 11.7. The topological polar surface area (TPSA) is 32.7 Å². The highest BCUT2D eigenvalue weighted by atomic mass is 16.5. The van der Waals surface area contributed by atoms with Crippen LogP contribution >= 0.6 is 0 Å². The lowest BCUT2D eigenvalue weighted by Gasteiger charge is -2.39. The maximum atomic E-state index is 10.2. The van der Waals surface area contributed by atoms with Gasteiger partial charge in [-0.05, 0) is 32.6 Å². The average molecular weight is 243 g/mol. The van der Waals surface area contributed by atoms with Gasteiger partial charge in [-0.2, -0.15) is 0 Å². The Morgan fingerprint density at radius 3 is 2.35 bits per heavy atom. The molecule has 0 radical (unpaired) electrons. The molecule has 3 nitrogen and oxygen atoms in total. The van der Waals surface area contributed by atoms with Crippen molar-refractivity contribution in [3.63, 3.8) is 0 Å². The Kier molecular flexibility index (Phi) is 7.09. The second-order valence-electron chi connectivity index (χ2n) is 5.02. The van der Waals surface area contributed by atoms with Crippen LogP contribution in [0.1, 0.15) is 52.9 Å². The Bertz CT molecular complexity index is 191. The van der Waals surface area contributed by atoms with Gasteiger partial charge in [-0.25, -0.2) is 0 Å². The van der Waals surface area contributed by atoms with E-state index in [1.165, 1.54) is 0 Å². The number of aliphatic hydroxyl groups is 1. The van der Waals surface area contributed by atoms with Crippen molar-refractivity contribution >= 4 is 0 Å². The first kappa shape index (κ1) is 14.9. The molecule has 17 heavy (non-hydrogen) atoms. The summed E-state index contributed by atoms with van der Waals surface area (Å²) in [4.78, 5) is 2.45. The lowest BCUT2D eigenvalue weighted by molar-refractivity contribution is -0.0227. The number of hydrogen-bond donors (Lipinski definition) is 1. The summed E-state index contributed by atoms with van der Waals surface area (Å²) in [5.41, 5.74) is 0. The highest BCUT2D eigenvalue weighted by Crippen LogP contribution is 2.20. The van der Waals surface area contributed by atoms with Crippen molar-refractivity contribution in [2.24, 2.45) is 0 Å². The second kappa shape index (κ2) is 8.06. The van der Waals surface area contributed by atoms with Crippen LogP contribution in [0.3, 0.4) is 0 Å². The lowest BCUT2D eigenvalue weighted by Crippen LogP contribution is -2.48. The summed E-state index contributed by atoms with van der Waals surface area (Å²) in [5.74, 6) is 0. The molecule has 0 aromatic heterocycles. The van der Waals surface area contributed by atoms with Gasteiger partial charge < -0.3 is 9.84 Å². The van der Waals surface area contributed by atoms with Crippen LogP contribution < -0.4 is 0 Å². The van der Waals surface area contributed by atoms with Crippen molar-refractivity contribution in [2.45, 2.75) is 71.1 Å². The van der Waals surface area contributed by atoms with E-state index < -0.39 is 0 Å². The van der Waals surface area contributed by atoms with Crippen molar-refractivity contribution in [2.75, 3.05) is 19.7 Å². The van der Waals surface area contributed by atoms with E-state index in [1.54, 1.807) is 0 Å². The van der Waals surface area contributed by atoms with Crippen LogP contribution in [0.15, 0.2) is 0 Å². The zero-order chi connectivity index (χ0) is 12.7. The Balaban J connectivity index is 2.39. The fraction of sp³-hybridized carbons (Fsp3) is 1.00. The molecule has 1 aliphatic heterocycles. The average Bonchev–Trinajstić information content (AvgIpc) is 2.33. The summed E-state index contributed by atoms with van der Waals surface area (Å²) in [7, 11) is 0. The molecular formula is C14H29NO2. The molecule has 2 atom stereocenters. The second-order valence-corrected chi connectivity index (χ2v) is 5.02. The first-order valence-electron chi connectivity index (χ1n) is 7.26. The maximum absolute atomic E-state index is 10.2. The number of nitrogens with zero attached hydrogens (tertiary/aromatic N) is 1.